The van der Waals surface area contributed by atoms with Crippen LogP contribution in [0.25, 0.3) is 0 Å². The third-order valence-electron chi connectivity index (χ3n) is 2.93. The number of alkyl halides is 5. The van der Waals surface area contributed by atoms with Gasteiger partial charge in [-0.25, -0.2) is 4.79 Å². The van der Waals surface area contributed by atoms with E-state index in [1.54, 1.807) is 6.92 Å². The molecule has 0 amide bonds. The van der Waals surface area contributed by atoms with Gasteiger partial charge in [-0.05, 0) is 24.6 Å². The molecule has 0 aliphatic heterocycles. The first kappa shape index (κ1) is 18.3. The van der Waals surface area contributed by atoms with E-state index in [0.717, 1.165) is 7.11 Å². The number of benzene rings is 1. The second-order valence-electron chi connectivity index (χ2n) is 4.47. The molecule has 0 aromatic heterocycles. The minimum Gasteiger partial charge on any atom is -0.462 e. The topological polar surface area (TPSA) is 35.5 Å². The minimum atomic E-state index is -5.64. The van der Waals surface area contributed by atoms with Gasteiger partial charge in [-0.15, -0.1) is 0 Å². The third kappa shape index (κ3) is 4.40. The summed E-state index contributed by atoms with van der Waals surface area (Å²) >= 11 is 0. The van der Waals surface area contributed by atoms with E-state index in [-0.39, 0.29) is 17.7 Å². The molecule has 8 heteroatoms. The van der Waals surface area contributed by atoms with Gasteiger partial charge in [0.05, 0.1) is 24.7 Å². The molecule has 0 heterocycles. The van der Waals surface area contributed by atoms with Crippen molar-refractivity contribution >= 4 is 5.97 Å². The van der Waals surface area contributed by atoms with Gasteiger partial charge in [0.1, 0.15) is 0 Å². The molecule has 0 saturated carbocycles. The molecule has 1 aromatic rings. The van der Waals surface area contributed by atoms with Crippen molar-refractivity contribution < 1.29 is 36.2 Å². The average Bonchev–Trinajstić information content (AvgIpc) is 2.44. The summed E-state index contributed by atoms with van der Waals surface area (Å²) in [7, 11) is 1.04. The molecule has 1 aromatic carbocycles. The largest absolute Gasteiger partial charge is 0.462 e. The number of halogens is 5. The Morgan fingerprint density at radius 1 is 1.14 bits per heavy atom. The van der Waals surface area contributed by atoms with E-state index in [0.29, 0.717) is 0 Å². The lowest BCUT2D eigenvalue weighted by atomic mass is 10.0. The molecule has 124 valence electrons. The first-order chi connectivity index (χ1) is 10.1. The van der Waals surface area contributed by atoms with Crippen molar-refractivity contribution in [3.05, 3.63) is 35.4 Å². The highest BCUT2D eigenvalue weighted by atomic mass is 19.4. The van der Waals surface area contributed by atoms with Crippen LogP contribution in [0.15, 0.2) is 24.3 Å². The van der Waals surface area contributed by atoms with Gasteiger partial charge in [-0.2, -0.15) is 22.0 Å². The lowest BCUT2D eigenvalue weighted by molar-refractivity contribution is -0.291. The molecule has 0 radical (unpaired) electrons. The molecule has 0 fully saturated rings. The van der Waals surface area contributed by atoms with Crippen molar-refractivity contribution in [3.63, 3.8) is 0 Å². The van der Waals surface area contributed by atoms with Crippen LogP contribution in [-0.2, 0) is 9.47 Å². The summed E-state index contributed by atoms with van der Waals surface area (Å²) in [6.45, 7) is 1.78. The second kappa shape index (κ2) is 7.04. The highest BCUT2D eigenvalue weighted by molar-refractivity contribution is 5.89. The number of esters is 1. The smallest absolute Gasteiger partial charge is 0.453 e. The van der Waals surface area contributed by atoms with Gasteiger partial charge in [0, 0.05) is 7.11 Å². The summed E-state index contributed by atoms with van der Waals surface area (Å²) in [5.41, 5.74) is 0.280. The van der Waals surface area contributed by atoms with E-state index in [9.17, 15) is 26.7 Å². The van der Waals surface area contributed by atoms with E-state index in [1.165, 1.54) is 24.3 Å². The molecule has 0 aliphatic rings. The number of hydrogen-bond acceptors (Lipinski definition) is 3. The van der Waals surface area contributed by atoms with Crippen molar-refractivity contribution in [2.45, 2.75) is 31.5 Å². The Morgan fingerprint density at radius 2 is 1.68 bits per heavy atom. The lowest BCUT2D eigenvalue weighted by Crippen LogP contribution is -2.38. The highest BCUT2D eigenvalue weighted by Gasteiger charge is 2.58. The molecule has 1 atom stereocenters. The van der Waals surface area contributed by atoms with Gasteiger partial charge >= 0.3 is 18.1 Å². The summed E-state index contributed by atoms with van der Waals surface area (Å²) in [6, 6.07) is 5.08. The number of carbonyl (C=O) groups is 1. The first-order valence-electron chi connectivity index (χ1n) is 6.36. The Kier molecular flexibility index (Phi) is 5.87. The number of rotatable bonds is 6. The van der Waals surface area contributed by atoms with Gasteiger partial charge in [0.15, 0.2) is 0 Å². The fourth-order valence-electron chi connectivity index (χ4n) is 1.73. The van der Waals surface area contributed by atoms with Crippen LogP contribution in [0, 0.1) is 0 Å². The van der Waals surface area contributed by atoms with E-state index < -0.39 is 30.6 Å². The molecule has 0 bridgehead atoms. The molecule has 0 spiro atoms. The van der Waals surface area contributed by atoms with Crippen molar-refractivity contribution in [1.82, 2.24) is 0 Å². The first-order valence-corrected chi connectivity index (χ1v) is 6.36. The Labute approximate surface area is 124 Å². The van der Waals surface area contributed by atoms with E-state index in [1.807, 2.05) is 0 Å². The molecule has 0 saturated heterocycles. The Bertz CT molecular complexity index is 496. The third-order valence-corrected chi connectivity index (χ3v) is 2.93. The van der Waals surface area contributed by atoms with Crippen molar-refractivity contribution in [1.29, 1.82) is 0 Å². The monoisotopic (exact) mass is 326 g/mol. The Morgan fingerprint density at radius 3 is 2.09 bits per heavy atom. The highest BCUT2D eigenvalue weighted by Crippen LogP contribution is 2.42. The zero-order valence-electron chi connectivity index (χ0n) is 11.9. The molecular formula is C14H15F5O3. The van der Waals surface area contributed by atoms with Gasteiger partial charge in [-0.3, -0.25) is 0 Å². The summed E-state index contributed by atoms with van der Waals surface area (Å²) < 4.78 is 72.3. The molecule has 22 heavy (non-hydrogen) atoms. The van der Waals surface area contributed by atoms with Gasteiger partial charge in [0.2, 0.25) is 0 Å². The summed E-state index contributed by atoms with van der Waals surface area (Å²) in [6.07, 6.45) is -8.63. The standard InChI is InChI=1S/C14H15F5O3/c1-3-22-12(20)10-6-4-9(5-7-10)11(21-2)8-13(15,16)14(17,18)19/h4-7,11H,3,8H2,1-2H3. The minimum absolute atomic E-state index is 0.111. The molecule has 1 unspecified atom stereocenters. The maximum atomic E-state index is 13.1. The van der Waals surface area contributed by atoms with Crippen LogP contribution in [0.1, 0.15) is 35.4 Å². The van der Waals surface area contributed by atoms with Crippen LogP contribution >= 0.6 is 0 Å². The molecule has 3 nitrogen and oxygen atoms in total. The van der Waals surface area contributed by atoms with Crippen molar-refractivity contribution in [2.24, 2.45) is 0 Å². The molecule has 0 aliphatic carbocycles. The number of carbonyl (C=O) groups excluding carboxylic acids is 1. The predicted octanol–water partition coefficient (Wildman–Crippen LogP) is 4.14. The maximum Gasteiger partial charge on any atom is 0.453 e. The van der Waals surface area contributed by atoms with Crippen LogP contribution in [-0.4, -0.2) is 31.8 Å². The van der Waals surface area contributed by atoms with Gasteiger partial charge in [-0.1, -0.05) is 12.1 Å². The average molecular weight is 326 g/mol. The maximum absolute atomic E-state index is 13.1. The number of methoxy groups -OCH3 is 1. The van der Waals surface area contributed by atoms with Crippen LogP contribution in [0.2, 0.25) is 0 Å². The SMILES string of the molecule is CCOC(=O)c1ccc(C(CC(F)(F)C(F)(F)F)OC)cc1. The van der Waals surface area contributed by atoms with Crippen LogP contribution < -0.4 is 0 Å². The van der Waals surface area contributed by atoms with Crippen molar-refractivity contribution in [2.75, 3.05) is 13.7 Å². The Hall–Kier alpha value is -1.70. The van der Waals surface area contributed by atoms with Crippen molar-refractivity contribution in [3.8, 4) is 0 Å². The van der Waals surface area contributed by atoms with Crippen LogP contribution in [0.5, 0.6) is 0 Å². The summed E-state index contributed by atoms with van der Waals surface area (Å²) in [5.74, 6) is -5.48. The molecular weight excluding hydrogens is 311 g/mol. The zero-order valence-corrected chi connectivity index (χ0v) is 11.9. The molecule has 1 rings (SSSR count). The zero-order chi connectivity index (χ0) is 17.0. The Balaban J connectivity index is 2.90. The fourth-order valence-corrected chi connectivity index (χ4v) is 1.73. The number of hydrogen-bond donors (Lipinski definition) is 0. The molecule has 0 N–H and O–H groups in total. The van der Waals surface area contributed by atoms with E-state index in [2.05, 4.69) is 0 Å². The normalized spacial score (nSPS) is 13.8. The summed E-state index contributed by atoms with van der Waals surface area (Å²) in [5, 5.41) is 0. The predicted molar refractivity (Wildman–Crippen MR) is 67.8 cm³/mol. The van der Waals surface area contributed by atoms with E-state index in [4.69, 9.17) is 9.47 Å². The van der Waals surface area contributed by atoms with Crippen LogP contribution in [0.4, 0.5) is 22.0 Å². The van der Waals surface area contributed by atoms with Gasteiger partial charge in [0.25, 0.3) is 0 Å². The lowest BCUT2D eigenvalue weighted by Gasteiger charge is -2.24. The quantitative estimate of drug-likeness (QED) is 0.582. The second-order valence-corrected chi connectivity index (χ2v) is 4.47. The van der Waals surface area contributed by atoms with Gasteiger partial charge < -0.3 is 9.47 Å². The van der Waals surface area contributed by atoms with Crippen LogP contribution in [0.3, 0.4) is 0 Å². The number of ether oxygens (including phenoxy) is 2. The fraction of sp³-hybridized carbons (Fsp3) is 0.500. The van der Waals surface area contributed by atoms with E-state index >= 15 is 0 Å². The summed E-state index contributed by atoms with van der Waals surface area (Å²) in [4.78, 5) is 11.4.